The lowest BCUT2D eigenvalue weighted by Gasteiger charge is -2.24. The summed E-state index contributed by atoms with van der Waals surface area (Å²) >= 11 is 0. The minimum Gasteiger partial charge on any atom is -0.402 e. The van der Waals surface area contributed by atoms with Crippen LogP contribution in [0.3, 0.4) is 0 Å². The summed E-state index contributed by atoms with van der Waals surface area (Å²) < 4.78 is 12.5. The van der Waals surface area contributed by atoms with E-state index in [1.165, 1.54) is 55.6 Å². The van der Waals surface area contributed by atoms with E-state index >= 15 is 0 Å². The van der Waals surface area contributed by atoms with Gasteiger partial charge in [-0.3, -0.25) is 0 Å². The number of fused-ring (bicyclic) bond motifs is 6. The summed E-state index contributed by atoms with van der Waals surface area (Å²) in [5.74, 6) is 0. The van der Waals surface area contributed by atoms with Crippen molar-refractivity contribution < 1.29 is 9.31 Å². The molecule has 0 amide bonds. The van der Waals surface area contributed by atoms with Gasteiger partial charge in [0.1, 0.15) is 0 Å². The maximum atomic E-state index is 6.28. The van der Waals surface area contributed by atoms with Gasteiger partial charge in [0.2, 0.25) is 0 Å². The average Bonchev–Trinajstić information content (AvgIpc) is 3.40. The lowest BCUT2D eigenvalue weighted by Crippen LogP contribution is -2.35. The van der Waals surface area contributed by atoms with Crippen molar-refractivity contribution in [2.24, 2.45) is 0 Å². The Bertz CT molecular complexity index is 1630. The van der Waals surface area contributed by atoms with E-state index in [0.29, 0.717) is 0 Å². The lowest BCUT2D eigenvalue weighted by atomic mass is 9.74. The van der Waals surface area contributed by atoms with E-state index < -0.39 is 0 Å². The molecule has 2 nitrogen and oxygen atoms in total. The molecular weight excluding hydrogens is 463 g/mol. The maximum absolute atomic E-state index is 6.28. The molecule has 0 aromatic heterocycles. The minimum atomic E-state index is -0.320. The Balaban J connectivity index is 1.27. The van der Waals surface area contributed by atoms with Gasteiger partial charge in [-0.1, -0.05) is 94.4 Å². The first-order chi connectivity index (χ1) is 18.0. The summed E-state index contributed by atoms with van der Waals surface area (Å²) in [6.07, 6.45) is 0.0543. The molecule has 1 unspecified atom stereocenters. The maximum Gasteiger partial charge on any atom is 0.494 e. The molecule has 0 bridgehead atoms. The van der Waals surface area contributed by atoms with Crippen molar-refractivity contribution in [2.75, 3.05) is 0 Å². The van der Waals surface area contributed by atoms with Gasteiger partial charge in [-0.15, -0.1) is 0 Å². The summed E-state index contributed by atoms with van der Waals surface area (Å²) in [5, 5.41) is 0. The fourth-order valence-corrected chi connectivity index (χ4v) is 6.86. The number of hydrogen-bond acceptors (Lipinski definition) is 2. The van der Waals surface area contributed by atoms with Crippen molar-refractivity contribution >= 4 is 12.6 Å². The van der Waals surface area contributed by atoms with Gasteiger partial charge in [-0.25, -0.2) is 0 Å². The first-order valence-corrected chi connectivity index (χ1v) is 13.9. The quantitative estimate of drug-likeness (QED) is 0.262. The van der Waals surface area contributed by atoms with E-state index in [1.807, 2.05) is 0 Å². The van der Waals surface area contributed by atoms with Gasteiger partial charge in [-0.05, 0) is 94.0 Å². The predicted molar refractivity (Wildman–Crippen MR) is 158 cm³/mol. The molecule has 1 atom stereocenters. The summed E-state index contributed by atoms with van der Waals surface area (Å²) in [4.78, 5) is 0. The van der Waals surface area contributed by atoms with Crippen LogP contribution in [-0.2, 0) is 20.1 Å². The van der Waals surface area contributed by atoms with Crippen molar-refractivity contribution in [1.82, 2.24) is 0 Å². The van der Waals surface area contributed by atoms with Crippen molar-refractivity contribution in [3.63, 3.8) is 0 Å². The molecule has 1 heterocycles. The smallest absolute Gasteiger partial charge is 0.402 e. The highest BCUT2D eigenvalue weighted by atomic mass is 16.7. The molecule has 1 fully saturated rings. The van der Waals surface area contributed by atoms with Crippen LogP contribution in [0.15, 0.2) is 78.9 Å². The highest BCUT2D eigenvalue weighted by Crippen LogP contribution is 2.51. The van der Waals surface area contributed by atoms with Crippen LogP contribution in [0.1, 0.15) is 70.7 Å². The largest absolute Gasteiger partial charge is 0.494 e. The van der Waals surface area contributed by atoms with Crippen LogP contribution < -0.4 is 5.46 Å². The van der Waals surface area contributed by atoms with E-state index in [2.05, 4.69) is 127 Å². The first-order valence-electron chi connectivity index (χ1n) is 13.9. The Hall–Kier alpha value is -3.14. The number of rotatable bonds is 2. The molecule has 0 N–H and O–H groups in total. The first kappa shape index (κ1) is 23.9. The lowest BCUT2D eigenvalue weighted by molar-refractivity contribution is 0.0842. The summed E-state index contributed by atoms with van der Waals surface area (Å²) in [7, 11) is -0.320. The van der Waals surface area contributed by atoms with Crippen molar-refractivity contribution in [3.05, 3.63) is 101 Å². The van der Waals surface area contributed by atoms with Crippen LogP contribution in [0.4, 0.5) is 0 Å². The van der Waals surface area contributed by atoms with Crippen LogP contribution >= 0.6 is 0 Å². The zero-order chi connectivity index (χ0) is 26.6. The van der Waals surface area contributed by atoms with E-state index in [0.717, 1.165) is 5.46 Å². The third-order valence-corrected chi connectivity index (χ3v) is 9.61. The molecule has 0 saturated carbocycles. The Morgan fingerprint density at radius 1 is 0.579 bits per heavy atom. The fourth-order valence-electron chi connectivity index (χ4n) is 6.86. The fraction of sp³-hybridized carbons (Fsp3) is 0.314. The summed E-state index contributed by atoms with van der Waals surface area (Å²) in [6, 6.07) is 29.7. The van der Waals surface area contributed by atoms with Crippen molar-refractivity contribution in [1.29, 1.82) is 0 Å². The van der Waals surface area contributed by atoms with Crippen LogP contribution in [0.2, 0.25) is 0 Å². The van der Waals surface area contributed by atoms with Crippen LogP contribution in [-0.4, -0.2) is 18.8 Å². The van der Waals surface area contributed by atoms with Crippen molar-refractivity contribution in [3.8, 4) is 33.4 Å². The second kappa shape index (κ2) is 7.71. The number of benzene rings is 4. The molecule has 0 radical (unpaired) electrons. The Morgan fingerprint density at radius 2 is 1.08 bits per heavy atom. The van der Waals surface area contributed by atoms with E-state index in [4.69, 9.17) is 9.31 Å². The Labute approximate surface area is 227 Å². The molecule has 38 heavy (non-hydrogen) atoms. The third kappa shape index (κ3) is 3.22. The third-order valence-electron chi connectivity index (χ3n) is 9.61. The van der Waals surface area contributed by atoms with E-state index in [-0.39, 0.29) is 29.7 Å². The molecule has 3 heteroatoms. The highest BCUT2D eigenvalue weighted by Gasteiger charge is 2.45. The van der Waals surface area contributed by atoms with Gasteiger partial charge in [0.15, 0.2) is 0 Å². The standard InChI is InChI=1S/C35H35BO2/c1-21-35(6,7)38-36(37-21)24-14-17-28-27-16-13-23(19-31(27)34(4,5)32(28)20-24)22-12-15-26-25-10-8-9-11-29(25)33(2,3)30(26)18-22/h8-21H,1-7H3. The molecule has 1 aliphatic heterocycles. The topological polar surface area (TPSA) is 18.5 Å². The second-order valence-corrected chi connectivity index (χ2v) is 13.0. The SMILES string of the molecule is CC1OB(c2ccc3c(c2)C(C)(C)c2cc(-c4ccc5c(c4)C(C)(C)c4ccccc4-5)ccc2-3)OC1(C)C. The average molecular weight is 498 g/mol. The monoisotopic (exact) mass is 498 g/mol. The molecule has 7 rings (SSSR count). The van der Waals surface area contributed by atoms with Gasteiger partial charge in [0.05, 0.1) is 11.7 Å². The summed E-state index contributed by atoms with van der Waals surface area (Å²) in [6.45, 7) is 15.7. The molecule has 0 spiro atoms. The summed E-state index contributed by atoms with van der Waals surface area (Å²) in [5.41, 5.74) is 14.2. The molecule has 190 valence electrons. The van der Waals surface area contributed by atoms with Gasteiger partial charge in [0.25, 0.3) is 0 Å². The predicted octanol–water partition coefficient (Wildman–Crippen LogP) is 7.88. The van der Waals surface area contributed by atoms with Gasteiger partial charge in [-0.2, -0.15) is 0 Å². The molecule has 3 aliphatic rings. The molecular formula is C35H35BO2. The molecule has 4 aromatic rings. The van der Waals surface area contributed by atoms with Crippen LogP contribution in [0, 0.1) is 0 Å². The zero-order valence-electron chi connectivity index (χ0n) is 23.5. The Kier molecular flexibility index (Phi) is 4.86. The van der Waals surface area contributed by atoms with Crippen LogP contribution in [0.25, 0.3) is 33.4 Å². The van der Waals surface area contributed by atoms with Gasteiger partial charge < -0.3 is 9.31 Å². The Morgan fingerprint density at radius 3 is 1.66 bits per heavy atom. The molecule has 4 aromatic carbocycles. The van der Waals surface area contributed by atoms with Crippen LogP contribution in [0.5, 0.6) is 0 Å². The minimum absolute atomic E-state index is 0.00101. The van der Waals surface area contributed by atoms with Gasteiger partial charge in [0, 0.05) is 10.8 Å². The van der Waals surface area contributed by atoms with E-state index in [9.17, 15) is 0 Å². The van der Waals surface area contributed by atoms with E-state index in [1.54, 1.807) is 0 Å². The van der Waals surface area contributed by atoms with Gasteiger partial charge >= 0.3 is 7.12 Å². The van der Waals surface area contributed by atoms with Crippen molar-refractivity contribution in [2.45, 2.75) is 71.0 Å². The highest BCUT2D eigenvalue weighted by molar-refractivity contribution is 6.62. The molecule has 1 saturated heterocycles. The zero-order valence-corrected chi connectivity index (χ0v) is 23.5. The number of hydrogen-bond donors (Lipinski definition) is 0. The second-order valence-electron chi connectivity index (χ2n) is 13.0. The normalized spacial score (nSPS) is 21.1. The molecule has 2 aliphatic carbocycles.